The highest BCUT2D eigenvalue weighted by molar-refractivity contribution is 7.71. The van der Waals surface area contributed by atoms with Crippen LogP contribution in [0, 0.1) is 16.0 Å². The Labute approximate surface area is 151 Å². The summed E-state index contributed by atoms with van der Waals surface area (Å²) < 4.78 is 11.1. The van der Waals surface area contributed by atoms with Crippen LogP contribution >= 0.6 is 12.2 Å². The molecule has 124 valence electrons. The van der Waals surface area contributed by atoms with E-state index in [4.69, 9.17) is 21.7 Å². The van der Waals surface area contributed by atoms with Gasteiger partial charge in [0.05, 0.1) is 19.8 Å². The molecule has 0 aliphatic carbocycles. The van der Waals surface area contributed by atoms with Crippen molar-refractivity contribution in [2.45, 2.75) is 0 Å². The number of hydrogen-bond acceptors (Lipinski definition) is 4. The Hall–Kier alpha value is -3.10. The Morgan fingerprint density at radius 1 is 0.920 bits per heavy atom. The average Bonchev–Trinajstić information content (AvgIpc) is 2.67. The molecule has 0 aliphatic rings. The van der Waals surface area contributed by atoms with E-state index in [9.17, 15) is 5.26 Å². The van der Waals surface area contributed by atoms with E-state index in [1.54, 1.807) is 14.2 Å². The van der Waals surface area contributed by atoms with Gasteiger partial charge in [-0.2, -0.15) is 5.26 Å². The first-order valence-corrected chi connectivity index (χ1v) is 8.04. The van der Waals surface area contributed by atoms with E-state index in [0.717, 1.165) is 22.4 Å². The van der Waals surface area contributed by atoms with Crippen LogP contribution in [0.5, 0.6) is 11.5 Å². The van der Waals surface area contributed by atoms with Crippen LogP contribution in [0.25, 0.3) is 22.4 Å². The Morgan fingerprint density at radius 3 is 2.28 bits per heavy atom. The Morgan fingerprint density at radius 2 is 1.64 bits per heavy atom. The summed E-state index contributed by atoms with van der Waals surface area (Å²) in [7, 11) is 3.17. The van der Waals surface area contributed by atoms with Crippen molar-refractivity contribution < 1.29 is 9.47 Å². The zero-order chi connectivity index (χ0) is 17.8. The van der Waals surface area contributed by atoms with Crippen LogP contribution in [-0.4, -0.2) is 19.2 Å². The SMILES string of the molecule is COc1ccc(-c2cc(-c3ccccc3)[nH]c(=S)c2C#N)cc1OC. The van der Waals surface area contributed by atoms with Gasteiger partial charge in [0.1, 0.15) is 10.7 Å². The van der Waals surface area contributed by atoms with Gasteiger partial charge in [-0.3, -0.25) is 0 Å². The van der Waals surface area contributed by atoms with E-state index in [1.165, 1.54) is 0 Å². The van der Waals surface area contributed by atoms with E-state index in [1.807, 2.05) is 54.6 Å². The van der Waals surface area contributed by atoms with Crippen molar-refractivity contribution in [2.75, 3.05) is 14.2 Å². The molecule has 3 rings (SSSR count). The Kier molecular flexibility index (Phi) is 4.82. The largest absolute Gasteiger partial charge is 0.493 e. The first-order chi connectivity index (χ1) is 12.2. The van der Waals surface area contributed by atoms with Gasteiger partial charge < -0.3 is 14.5 Å². The van der Waals surface area contributed by atoms with Gasteiger partial charge in [-0.25, -0.2) is 0 Å². The quantitative estimate of drug-likeness (QED) is 0.677. The predicted octanol–water partition coefficient (Wildman–Crippen LogP) is 4.97. The molecule has 0 atom stereocenters. The number of hydrogen-bond donors (Lipinski definition) is 1. The van der Waals surface area contributed by atoms with Crippen LogP contribution in [0.2, 0.25) is 0 Å². The second kappa shape index (κ2) is 7.20. The van der Waals surface area contributed by atoms with Crippen molar-refractivity contribution in [3.63, 3.8) is 0 Å². The minimum atomic E-state index is 0.411. The lowest BCUT2D eigenvalue weighted by molar-refractivity contribution is 0.355. The molecule has 5 heteroatoms. The number of ether oxygens (including phenoxy) is 2. The van der Waals surface area contributed by atoms with Crippen molar-refractivity contribution in [1.29, 1.82) is 5.26 Å². The molecular weight excluding hydrogens is 332 g/mol. The van der Waals surface area contributed by atoms with Crippen LogP contribution in [0.4, 0.5) is 0 Å². The number of pyridine rings is 1. The molecule has 1 aromatic heterocycles. The van der Waals surface area contributed by atoms with E-state index in [-0.39, 0.29) is 0 Å². The number of methoxy groups -OCH3 is 2. The van der Waals surface area contributed by atoms with Gasteiger partial charge in [-0.15, -0.1) is 0 Å². The van der Waals surface area contributed by atoms with Crippen LogP contribution in [0.15, 0.2) is 54.6 Å². The third-order valence-corrected chi connectivity index (χ3v) is 4.23. The second-order valence-corrected chi connectivity index (χ2v) is 5.76. The zero-order valence-electron chi connectivity index (χ0n) is 13.9. The maximum Gasteiger partial charge on any atom is 0.161 e. The molecule has 0 saturated heterocycles. The molecule has 0 bridgehead atoms. The zero-order valence-corrected chi connectivity index (χ0v) is 14.7. The van der Waals surface area contributed by atoms with Crippen molar-refractivity contribution >= 4 is 12.2 Å². The molecule has 4 nitrogen and oxygen atoms in total. The number of aromatic nitrogens is 1. The molecule has 0 radical (unpaired) electrons. The topological polar surface area (TPSA) is 58.0 Å². The van der Waals surface area contributed by atoms with Crippen LogP contribution in [-0.2, 0) is 0 Å². The lowest BCUT2D eigenvalue weighted by Gasteiger charge is -2.12. The molecule has 0 spiro atoms. The van der Waals surface area contributed by atoms with Crippen molar-refractivity contribution in [1.82, 2.24) is 4.98 Å². The summed E-state index contributed by atoms with van der Waals surface area (Å²) >= 11 is 5.40. The molecule has 0 fully saturated rings. The Bertz CT molecular complexity index is 1000. The van der Waals surface area contributed by atoms with Crippen LogP contribution in [0.3, 0.4) is 0 Å². The summed E-state index contributed by atoms with van der Waals surface area (Å²) in [5, 5.41) is 9.56. The number of nitriles is 1. The lowest BCUT2D eigenvalue weighted by atomic mass is 9.99. The van der Waals surface area contributed by atoms with Gasteiger partial charge in [0.2, 0.25) is 0 Å². The van der Waals surface area contributed by atoms with Crippen molar-refractivity contribution in [2.24, 2.45) is 0 Å². The standard InChI is InChI=1S/C20H16N2O2S/c1-23-18-9-8-14(10-19(18)24-2)15-11-17(13-6-4-3-5-7-13)22-20(25)16(15)12-21/h3-11H,1-2H3,(H,22,25). The van der Waals surface area contributed by atoms with Crippen LogP contribution < -0.4 is 9.47 Å². The highest BCUT2D eigenvalue weighted by Gasteiger charge is 2.13. The fourth-order valence-electron chi connectivity index (χ4n) is 2.68. The number of H-pyrrole nitrogens is 1. The third kappa shape index (κ3) is 3.25. The summed E-state index contributed by atoms with van der Waals surface area (Å²) in [6, 6.07) is 19.5. The number of aromatic amines is 1. The predicted molar refractivity (Wildman–Crippen MR) is 100 cm³/mol. The summed E-state index contributed by atoms with van der Waals surface area (Å²) in [6.07, 6.45) is 0. The molecule has 1 heterocycles. The molecule has 2 aromatic carbocycles. The van der Waals surface area contributed by atoms with E-state index < -0.39 is 0 Å². The van der Waals surface area contributed by atoms with E-state index in [2.05, 4.69) is 11.1 Å². The summed E-state index contributed by atoms with van der Waals surface area (Å²) in [4.78, 5) is 3.14. The fourth-order valence-corrected chi connectivity index (χ4v) is 2.94. The highest BCUT2D eigenvalue weighted by Crippen LogP contribution is 2.35. The van der Waals surface area contributed by atoms with Gasteiger partial charge >= 0.3 is 0 Å². The minimum Gasteiger partial charge on any atom is -0.493 e. The maximum atomic E-state index is 9.56. The second-order valence-electron chi connectivity index (χ2n) is 5.35. The molecule has 0 saturated carbocycles. The van der Waals surface area contributed by atoms with Gasteiger partial charge in [0.25, 0.3) is 0 Å². The summed E-state index contributed by atoms with van der Waals surface area (Å²) in [5.41, 5.74) is 3.88. The summed E-state index contributed by atoms with van der Waals surface area (Å²) in [5.74, 6) is 1.23. The number of nitrogens with one attached hydrogen (secondary N) is 1. The van der Waals surface area contributed by atoms with Gasteiger partial charge in [0.15, 0.2) is 11.5 Å². The molecule has 1 N–H and O–H groups in total. The number of nitrogens with zero attached hydrogens (tertiary/aromatic N) is 1. The number of benzene rings is 2. The lowest BCUT2D eigenvalue weighted by Crippen LogP contribution is -1.95. The van der Waals surface area contributed by atoms with Gasteiger partial charge in [0, 0.05) is 11.3 Å². The first-order valence-electron chi connectivity index (χ1n) is 7.63. The van der Waals surface area contributed by atoms with Crippen LogP contribution in [0.1, 0.15) is 5.56 Å². The smallest absolute Gasteiger partial charge is 0.161 e. The molecule has 3 aromatic rings. The minimum absolute atomic E-state index is 0.411. The molecule has 0 unspecified atom stereocenters. The van der Waals surface area contributed by atoms with Gasteiger partial charge in [-0.05, 0) is 29.3 Å². The molecule has 0 aliphatic heterocycles. The van der Waals surface area contributed by atoms with Crippen molar-refractivity contribution in [3.8, 4) is 40.0 Å². The summed E-state index contributed by atoms with van der Waals surface area (Å²) in [6.45, 7) is 0. The fraction of sp³-hybridized carbons (Fsp3) is 0.100. The van der Waals surface area contributed by atoms with Gasteiger partial charge in [-0.1, -0.05) is 48.6 Å². The Balaban J connectivity index is 2.23. The normalized spacial score (nSPS) is 10.1. The molecule has 25 heavy (non-hydrogen) atoms. The van der Waals surface area contributed by atoms with E-state index in [0.29, 0.717) is 21.7 Å². The van der Waals surface area contributed by atoms with E-state index >= 15 is 0 Å². The molecular formula is C20H16N2O2S. The average molecular weight is 348 g/mol. The first kappa shape index (κ1) is 16.7. The number of rotatable bonds is 4. The maximum absolute atomic E-state index is 9.56. The highest BCUT2D eigenvalue weighted by atomic mass is 32.1. The monoisotopic (exact) mass is 348 g/mol. The third-order valence-electron chi connectivity index (χ3n) is 3.92. The van der Waals surface area contributed by atoms with Crippen molar-refractivity contribution in [3.05, 3.63) is 64.8 Å². The molecule has 0 amide bonds.